The number of hydrogen-bond acceptors (Lipinski definition) is 15. The van der Waals surface area contributed by atoms with E-state index >= 15 is 0 Å². The smallest absolute Gasteiger partial charge is 0.462 e. The Hall–Kier alpha value is -3.76. The topological polar surface area (TPSA) is 237 Å². The van der Waals surface area contributed by atoms with Crippen LogP contribution in [-0.2, 0) is 65.4 Å². The van der Waals surface area contributed by atoms with Crippen molar-refractivity contribution in [3.05, 3.63) is 85.1 Å². The average Bonchev–Trinajstić information content (AvgIpc) is 0.966. The van der Waals surface area contributed by atoms with Gasteiger partial charge in [-0.05, 0) is 89.9 Å². The number of unbranched alkanes of at least 4 members (excludes halogenated alkanes) is 33. The molecule has 98 heavy (non-hydrogen) atoms. The second-order valence-electron chi connectivity index (χ2n) is 25.9. The maximum atomic E-state index is 13.1. The molecule has 0 rings (SSSR count). The van der Waals surface area contributed by atoms with Gasteiger partial charge in [-0.1, -0.05) is 305 Å². The van der Waals surface area contributed by atoms with Gasteiger partial charge in [-0.15, -0.1) is 0 Å². The number of carbonyl (C=O) groups excluding carboxylic acids is 4. The van der Waals surface area contributed by atoms with Crippen molar-refractivity contribution >= 4 is 39.5 Å². The normalized spacial score (nSPS) is 14.4. The van der Waals surface area contributed by atoms with Crippen LogP contribution >= 0.6 is 15.6 Å². The molecule has 0 spiro atoms. The van der Waals surface area contributed by atoms with Crippen LogP contribution in [0.1, 0.15) is 336 Å². The van der Waals surface area contributed by atoms with E-state index in [1.54, 1.807) is 0 Å². The Morgan fingerprint density at radius 1 is 0.296 bits per heavy atom. The van der Waals surface area contributed by atoms with Crippen LogP contribution < -0.4 is 0 Å². The maximum absolute atomic E-state index is 13.1. The van der Waals surface area contributed by atoms with Crippen LogP contribution in [0.4, 0.5) is 0 Å². The van der Waals surface area contributed by atoms with Crippen molar-refractivity contribution in [1.29, 1.82) is 0 Å². The fourth-order valence-corrected chi connectivity index (χ4v) is 12.1. The highest BCUT2D eigenvalue weighted by Gasteiger charge is 2.30. The Balaban J connectivity index is 5.37. The van der Waals surface area contributed by atoms with E-state index in [2.05, 4.69) is 94.5 Å². The minimum atomic E-state index is -4.99. The van der Waals surface area contributed by atoms with Gasteiger partial charge < -0.3 is 33.8 Å². The van der Waals surface area contributed by atoms with Crippen molar-refractivity contribution in [1.82, 2.24) is 0 Å². The van der Waals surface area contributed by atoms with E-state index < -0.39 is 97.5 Å². The first-order chi connectivity index (χ1) is 47.7. The Bertz CT molecular complexity index is 2190. The summed E-state index contributed by atoms with van der Waals surface area (Å²) in [6, 6.07) is 0. The molecule has 0 aliphatic rings. The molecule has 19 heteroatoms. The van der Waals surface area contributed by atoms with Crippen LogP contribution in [0, 0.1) is 0 Å². The number of aliphatic hydroxyl groups is 1. The number of allylic oxidation sites excluding steroid dienone is 14. The van der Waals surface area contributed by atoms with Crippen LogP contribution in [-0.4, -0.2) is 96.7 Å². The molecule has 0 saturated carbocycles. The lowest BCUT2D eigenvalue weighted by Crippen LogP contribution is -2.30. The van der Waals surface area contributed by atoms with Gasteiger partial charge in [0, 0.05) is 25.7 Å². The standard InChI is InChI=1S/C79H140O17P2/c1-5-9-13-17-21-25-29-33-34-35-36-37-38-42-44-48-52-56-60-64-77(82)90-70-75(96-79(84)66-62-58-54-50-46-41-32-28-24-20-16-12-8-4)72-94-98(87,88)92-68-73(80)67-91-97(85,86)93-71-74(95-78(83)65-61-57-53-49-45-40-31-27-23-19-15-11-7-3)69-89-76(81)63-59-55-51-47-43-39-30-26-22-18-14-10-6-2/h9,13,21,25,28,32-34,36-37,42,44,52,56,73-75,80H,5-8,10-12,14-20,22-24,26-27,29-31,35,38-41,43,45-51,53-55,57-72H2,1-4H3,(H,85,86)(H,87,88)/b13-9-,25-21-,32-28-,34-33-,37-36-,44-42-,56-52-/t73-,74+,75+/m0/s1. The maximum Gasteiger partial charge on any atom is 0.472 e. The second-order valence-corrected chi connectivity index (χ2v) is 28.8. The quantitative estimate of drug-likeness (QED) is 0.0169. The van der Waals surface area contributed by atoms with E-state index in [-0.39, 0.29) is 25.7 Å². The van der Waals surface area contributed by atoms with Crippen LogP contribution in [0.3, 0.4) is 0 Å². The first kappa shape index (κ1) is 94.2. The summed E-state index contributed by atoms with van der Waals surface area (Å²) in [5.41, 5.74) is 0. The van der Waals surface area contributed by atoms with Gasteiger partial charge in [0.05, 0.1) is 26.4 Å². The summed E-state index contributed by atoms with van der Waals surface area (Å²) in [6.07, 6.45) is 73.0. The lowest BCUT2D eigenvalue weighted by atomic mass is 10.0. The number of carbonyl (C=O) groups is 4. The van der Waals surface area contributed by atoms with Crippen LogP contribution in [0.5, 0.6) is 0 Å². The van der Waals surface area contributed by atoms with Gasteiger partial charge in [0.2, 0.25) is 0 Å². The molecule has 0 heterocycles. The van der Waals surface area contributed by atoms with E-state index in [1.165, 1.54) is 135 Å². The third kappa shape index (κ3) is 70.7. The Morgan fingerprint density at radius 3 is 0.888 bits per heavy atom. The number of phosphoric ester groups is 2. The zero-order valence-corrected chi connectivity index (χ0v) is 63.7. The fraction of sp³-hybridized carbons (Fsp3) is 0.772. The molecule has 0 aliphatic heterocycles. The molecule has 0 aromatic rings. The lowest BCUT2D eigenvalue weighted by Gasteiger charge is -2.21. The van der Waals surface area contributed by atoms with Gasteiger partial charge in [-0.2, -0.15) is 0 Å². The van der Waals surface area contributed by atoms with Crippen LogP contribution in [0.25, 0.3) is 0 Å². The van der Waals surface area contributed by atoms with E-state index in [9.17, 15) is 43.2 Å². The van der Waals surface area contributed by atoms with Gasteiger partial charge in [-0.3, -0.25) is 37.3 Å². The van der Waals surface area contributed by atoms with Gasteiger partial charge in [0.1, 0.15) is 19.3 Å². The fourth-order valence-electron chi connectivity index (χ4n) is 10.5. The van der Waals surface area contributed by atoms with Gasteiger partial charge in [0.25, 0.3) is 0 Å². The number of hydrogen-bond donors (Lipinski definition) is 3. The lowest BCUT2D eigenvalue weighted by molar-refractivity contribution is -0.161. The monoisotopic (exact) mass is 1420 g/mol. The third-order valence-electron chi connectivity index (χ3n) is 16.4. The third-order valence-corrected chi connectivity index (χ3v) is 18.3. The van der Waals surface area contributed by atoms with Crippen molar-refractivity contribution in [3.63, 3.8) is 0 Å². The zero-order chi connectivity index (χ0) is 71.8. The van der Waals surface area contributed by atoms with Crippen LogP contribution in [0.15, 0.2) is 85.1 Å². The summed E-state index contributed by atoms with van der Waals surface area (Å²) in [4.78, 5) is 72.8. The highest BCUT2D eigenvalue weighted by Crippen LogP contribution is 2.45. The first-order valence-electron chi connectivity index (χ1n) is 38.8. The summed E-state index contributed by atoms with van der Waals surface area (Å²) >= 11 is 0. The molecule has 0 saturated heterocycles. The molecular formula is C79H140O17P2. The largest absolute Gasteiger partial charge is 0.472 e. The molecule has 0 aromatic heterocycles. The molecule has 0 radical (unpaired) electrons. The van der Waals surface area contributed by atoms with Gasteiger partial charge in [0.15, 0.2) is 12.2 Å². The summed E-state index contributed by atoms with van der Waals surface area (Å²) < 4.78 is 68.4. The van der Waals surface area contributed by atoms with Gasteiger partial charge >= 0.3 is 39.5 Å². The summed E-state index contributed by atoms with van der Waals surface area (Å²) in [5, 5.41) is 10.6. The molecule has 0 fully saturated rings. The first-order valence-corrected chi connectivity index (χ1v) is 41.8. The Kier molecular flexibility index (Phi) is 68.9. The molecular weight excluding hydrogens is 1280 g/mol. The van der Waals surface area contributed by atoms with E-state index in [4.69, 9.17) is 37.0 Å². The molecule has 0 amide bonds. The molecule has 0 aromatic carbocycles. The highest BCUT2D eigenvalue weighted by molar-refractivity contribution is 7.47. The molecule has 3 N–H and O–H groups in total. The Labute approximate surface area is 595 Å². The summed E-state index contributed by atoms with van der Waals surface area (Å²) in [5.74, 6) is -2.26. The number of ether oxygens (including phenoxy) is 4. The predicted molar refractivity (Wildman–Crippen MR) is 399 cm³/mol. The molecule has 2 unspecified atom stereocenters. The van der Waals surface area contributed by atoms with E-state index in [0.717, 1.165) is 116 Å². The molecule has 17 nitrogen and oxygen atoms in total. The van der Waals surface area contributed by atoms with Crippen molar-refractivity contribution in [2.24, 2.45) is 0 Å². The molecule has 0 aliphatic carbocycles. The minimum Gasteiger partial charge on any atom is -0.462 e. The van der Waals surface area contributed by atoms with Crippen molar-refractivity contribution in [3.8, 4) is 0 Å². The Morgan fingerprint density at radius 2 is 0.551 bits per heavy atom. The number of aliphatic hydroxyl groups excluding tert-OH is 1. The van der Waals surface area contributed by atoms with Crippen LogP contribution in [0.2, 0.25) is 0 Å². The van der Waals surface area contributed by atoms with Crippen molar-refractivity contribution in [2.75, 3.05) is 39.6 Å². The number of phosphoric acid groups is 2. The molecule has 0 bridgehead atoms. The van der Waals surface area contributed by atoms with Gasteiger partial charge in [-0.25, -0.2) is 9.13 Å². The number of esters is 4. The minimum absolute atomic E-state index is 0.0361. The second kappa shape index (κ2) is 71.6. The van der Waals surface area contributed by atoms with E-state index in [1.807, 2.05) is 18.2 Å². The van der Waals surface area contributed by atoms with Crippen molar-refractivity contribution in [2.45, 2.75) is 354 Å². The SMILES string of the molecule is CC/C=C\C/C=C\C/C=C\C/C=C\C/C=C\C/C=C\CCC(=O)OC[C@H](COP(=O)(O)OC[C@@H](O)COP(=O)(O)OC[C@@H](COC(=O)CCCCCCCCCCCCCCC)OC(=O)CCCCCCCCCCCCCCC)OC(=O)CCCCCCC/C=C\CCCCCC. The summed E-state index contributed by atoms with van der Waals surface area (Å²) in [7, 11) is -9.96. The highest BCUT2D eigenvalue weighted by atomic mass is 31.2. The average molecular weight is 1420 g/mol. The molecule has 568 valence electrons. The van der Waals surface area contributed by atoms with E-state index in [0.29, 0.717) is 32.1 Å². The molecule has 5 atom stereocenters. The number of rotatable bonds is 73. The zero-order valence-electron chi connectivity index (χ0n) is 62.0. The van der Waals surface area contributed by atoms with Crippen molar-refractivity contribution < 1.29 is 80.2 Å². The predicted octanol–water partition coefficient (Wildman–Crippen LogP) is 22.2. The summed E-state index contributed by atoms with van der Waals surface area (Å²) in [6.45, 7) is 4.69.